The van der Waals surface area contributed by atoms with Crippen molar-refractivity contribution in [2.24, 2.45) is 0 Å². The number of urea groups is 1. The minimum atomic E-state index is -3.88. The van der Waals surface area contributed by atoms with E-state index in [1.807, 2.05) is 42.5 Å². The van der Waals surface area contributed by atoms with Gasteiger partial charge in [-0.1, -0.05) is 54.6 Å². The molecule has 0 radical (unpaired) electrons. The molecule has 0 atom stereocenters. The second kappa shape index (κ2) is 5.35. The maximum absolute atomic E-state index is 12.8. The Morgan fingerprint density at radius 3 is 2.46 bits per heavy atom. The highest BCUT2D eigenvalue weighted by Gasteiger charge is 2.36. The van der Waals surface area contributed by atoms with E-state index in [1.165, 1.54) is 6.07 Å². The quantitative estimate of drug-likeness (QED) is 0.777. The predicted octanol–water partition coefficient (Wildman–Crippen LogP) is 3.58. The van der Waals surface area contributed by atoms with E-state index in [0.717, 1.165) is 20.6 Å². The molecular formula is C18H14N2O3S. The van der Waals surface area contributed by atoms with Crippen LogP contribution in [-0.4, -0.2) is 18.8 Å². The van der Waals surface area contributed by atoms with Crippen molar-refractivity contribution < 1.29 is 13.2 Å². The van der Waals surface area contributed by atoms with Crippen LogP contribution in [0.15, 0.2) is 71.6 Å². The lowest BCUT2D eigenvalue weighted by Crippen LogP contribution is -2.43. The number of hydrogen-bond donors (Lipinski definition) is 1. The lowest BCUT2D eigenvalue weighted by molar-refractivity contribution is 0.233. The number of carbonyl (C=O) groups excluding carboxylic acids is 1. The third kappa shape index (κ3) is 2.23. The Kier molecular flexibility index (Phi) is 3.28. The van der Waals surface area contributed by atoms with Crippen LogP contribution in [0.5, 0.6) is 0 Å². The monoisotopic (exact) mass is 338 g/mol. The Balaban J connectivity index is 1.81. The fraction of sp³-hybridized carbons (Fsp3) is 0.0556. The molecule has 0 bridgehead atoms. The van der Waals surface area contributed by atoms with E-state index in [2.05, 4.69) is 5.32 Å². The number of benzene rings is 3. The molecule has 0 spiro atoms. The number of nitrogens with zero attached hydrogens (tertiary/aromatic N) is 1. The average molecular weight is 338 g/mol. The molecule has 1 N–H and O–H groups in total. The van der Waals surface area contributed by atoms with E-state index in [1.54, 1.807) is 18.2 Å². The summed E-state index contributed by atoms with van der Waals surface area (Å²) in [7, 11) is -3.88. The topological polar surface area (TPSA) is 66.5 Å². The lowest BCUT2D eigenvalue weighted by atomic mass is 10.0. The first kappa shape index (κ1) is 14.7. The Bertz CT molecular complexity index is 1060. The third-order valence-electron chi connectivity index (χ3n) is 4.12. The van der Waals surface area contributed by atoms with Gasteiger partial charge in [-0.3, -0.25) is 0 Å². The summed E-state index contributed by atoms with van der Waals surface area (Å²) in [4.78, 5) is 12.5. The Morgan fingerprint density at radius 1 is 0.875 bits per heavy atom. The number of rotatable bonds is 2. The number of amides is 2. The molecule has 0 aliphatic carbocycles. The highest BCUT2D eigenvalue weighted by Crippen LogP contribution is 2.31. The van der Waals surface area contributed by atoms with Gasteiger partial charge in [0.15, 0.2) is 0 Å². The van der Waals surface area contributed by atoms with E-state index in [0.29, 0.717) is 5.69 Å². The Morgan fingerprint density at radius 2 is 1.58 bits per heavy atom. The van der Waals surface area contributed by atoms with Crippen LogP contribution in [0.1, 0.15) is 5.56 Å². The van der Waals surface area contributed by atoms with Gasteiger partial charge in [0.05, 0.1) is 12.2 Å². The molecule has 0 saturated carbocycles. The summed E-state index contributed by atoms with van der Waals surface area (Å²) in [5, 5.41) is 4.58. The Labute approximate surface area is 139 Å². The number of carbonyl (C=O) groups is 1. The molecule has 3 aromatic carbocycles. The van der Waals surface area contributed by atoms with Crippen LogP contribution in [0, 0.1) is 0 Å². The zero-order valence-corrected chi connectivity index (χ0v) is 13.5. The Hall–Kier alpha value is -2.86. The molecule has 120 valence electrons. The lowest BCUT2D eigenvalue weighted by Gasteiger charge is -2.29. The van der Waals surface area contributed by atoms with Crippen LogP contribution >= 0.6 is 0 Å². The second-order valence-electron chi connectivity index (χ2n) is 5.58. The number of hydrogen-bond acceptors (Lipinski definition) is 3. The number of sulfonamides is 1. The average Bonchev–Trinajstić information content (AvgIpc) is 2.59. The number of anilines is 1. The van der Waals surface area contributed by atoms with Crippen LogP contribution in [0.25, 0.3) is 10.8 Å². The summed E-state index contributed by atoms with van der Waals surface area (Å²) in [5.41, 5.74) is 1.10. The first-order valence-corrected chi connectivity index (χ1v) is 8.91. The normalized spacial score (nSPS) is 15.8. The van der Waals surface area contributed by atoms with Gasteiger partial charge in [0.1, 0.15) is 4.90 Å². The van der Waals surface area contributed by atoms with Crippen molar-refractivity contribution in [1.82, 2.24) is 4.31 Å². The molecule has 0 aromatic heterocycles. The molecule has 1 heterocycles. The van der Waals surface area contributed by atoms with Crippen molar-refractivity contribution in [2.75, 3.05) is 5.32 Å². The second-order valence-corrected chi connectivity index (χ2v) is 7.41. The molecular weight excluding hydrogens is 324 g/mol. The standard InChI is InChI=1S/C18H14N2O3S/c21-18-19-16-10-3-4-11-17(16)24(22,23)20(18)12-14-8-5-7-13-6-1-2-9-15(13)14/h1-11H,12H2,(H,19,21). The van der Waals surface area contributed by atoms with Crippen molar-refractivity contribution in [2.45, 2.75) is 11.4 Å². The summed E-state index contributed by atoms with van der Waals surface area (Å²) in [5.74, 6) is 0. The van der Waals surface area contributed by atoms with Crippen LogP contribution in [-0.2, 0) is 16.6 Å². The summed E-state index contributed by atoms with van der Waals surface area (Å²) in [6, 6.07) is 19.1. The van der Waals surface area contributed by atoms with E-state index >= 15 is 0 Å². The van der Waals surface area contributed by atoms with E-state index in [9.17, 15) is 13.2 Å². The largest absolute Gasteiger partial charge is 0.336 e. The van der Waals surface area contributed by atoms with Gasteiger partial charge in [-0.15, -0.1) is 0 Å². The summed E-state index contributed by atoms with van der Waals surface area (Å²) >= 11 is 0. The zero-order valence-electron chi connectivity index (χ0n) is 12.6. The van der Waals surface area contributed by atoms with Crippen molar-refractivity contribution in [3.8, 4) is 0 Å². The molecule has 3 aromatic rings. The molecule has 1 aliphatic rings. The molecule has 6 heteroatoms. The SMILES string of the molecule is O=C1Nc2ccccc2S(=O)(=O)N1Cc1cccc2ccccc12. The molecule has 2 amide bonds. The molecule has 24 heavy (non-hydrogen) atoms. The molecule has 4 rings (SSSR count). The number of para-hydroxylation sites is 1. The van der Waals surface area contributed by atoms with Gasteiger partial charge in [0.25, 0.3) is 10.0 Å². The maximum Gasteiger partial charge on any atom is 0.336 e. The van der Waals surface area contributed by atoms with E-state index < -0.39 is 16.1 Å². The van der Waals surface area contributed by atoms with Crippen molar-refractivity contribution in [3.05, 3.63) is 72.3 Å². The molecule has 5 nitrogen and oxygen atoms in total. The summed E-state index contributed by atoms with van der Waals surface area (Å²) in [6.07, 6.45) is 0. The minimum Gasteiger partial charge on any atom is -0.306 e. The zero-order chi connectivity index (χ0) is 16.7. The number of fused-ring (bicyclic) bond motifs is 2. The number of nitrogens with one attached hydrogen (secondary N) is 1. The van der Waals surface area contributed by atoms with Crippen LogP contribution in [0.4, 0.5) is 10.5 Å². The van der Waals surface area contributed by atoms with Gasteiger partial charge < -0.3 is 5.32 Å². The third-order valence-corrected chi connectivity index (χ3v) is 5.90. The van der Waals surface area contributed by atoms with Gasteiger partial charge in [0, 0.05) is 0 Å². The van der Waals surface area contributed by atoms with Gasteiger partial charge >= 0.3 is 6.03 Å². The highest BCUT2D eigenvalue weighted by atomic mass is 32.2. The molecule has 0 unspecified atom stereocenters. The molecule has 0 saturated heterocycles. The van der Waals surface area contributed by atoms with Crippen LogP contribution in [0.2, 0.25) is 0 Å². The fourth-order valence-electron chi connectivity index (χ4n) is 2.94. The van der Waals surface area contributed by atoms with Crippen molar-refractivity contribution in [3.63, 3.8) is 0 Å². The van der Waals surface area contributed by atoms with Crippen LogP contribution < -0.4 is 5.32 Å². The van der Waals surface area contributed by atoms with E-state index in [-0.39, 0.29) is 11.4 Å². The van der Waals surface area contributed by atoms with Gasteiger partial charge in [-0.05, 0) is 28.5 Å². The molecule has 0 fully saturated rings. The first-order valence-electron chi connectivity index (χ1n) is 7.47. The summed E-state index contributed by atoms with van der Waals surface area (Å²) in [6.45, 7) is -0.0101. The van der Waals surface area contributed by atoms with Crippen LogP contribution in [0.3, 0.4) is 0 Å². The predicted molar refractivity (Wildman–Crippen MR) is 92.1 cm³/mol. The first-order chi connectivity index (χ1) is 11.6. The van der Waals surface area contributed by atoms with Crippen molar-refractivity contribution >= 4 is 32.5 Å². The van der Waals surface area contributed by atoms with Gasteiger partial charge in [0.2, 0.25) is 0 Å². The molecule has 1 aliphatic heterocycles. The van der Waals surface area contributed by atoms with Crippen molar-refractivity contribution in [1.29, 1.82) is 0 Å². The summed E-state index contributed by atoms with van der Waals surface area (Å²) < 4.78 is 26.5. The van der Waals surface area contributed by atoms with Gasteiger partial charge in [-0.2, -0.15) is 0 Å². The smallest absolute Gasteiger partial charge is 0.306 e. The van der Waals surface area contributed by atoms with Gasteiger partial charge in [-0.25, -0.2) is 17.5 Å². The highest BCUT2D eigenvalue weighted by molar-refractivity contribution is 7.90. The fourth-order valence-corrected chi connectivity index (χ4v) is 4.40. The van der Waals surface area contributed by atoms with E-state index in [4.69, 9.17) is 0 Å². The maximum atomic E-state index is 12.8. The minimum absolute atomic E-state index is 0.0101.